The smallest absolute Gasteiger partial charge is 0.340 e. The highest BCUT2D eigenvalue weighted by Gasteiger charge is 2.22. The molecule has 0 aliphatic heterocycles. The van der Waals surface area contributed by atoms with Crippen molar-refractivity contribution in [2.24, 2.45) is 0 Å². The van der Waals surface area contributed by atoms with Crippen molar-refractivity contribution in [3.8, 4) is 11.3 Å². The van der Waals surface area contributed by atoms with Crippen LogP contribution in [0.25, 0.3) is 27.9 Å². The van der Waals surface area contributed by atoms with Gasteiger partial charge in [-0.05, 0) is 70.5 Å². The zero-order valence-electron chi connectivity index (χ0n) is 21.4. The van der Waals surface area contributed by atoms with E-state index in [-0.39, 0.29) is 11.5 Å². The maximum atomic E-state index is 13.2. The van der Waals surface area contributed by atoms with Gasteiger partial charge in [0.1, 0.15) is 23.3 Å². The number of aryl methyl sites for hydroxylation is 1. The molecule has 8 nitrogen and oxygen atoms in total. The van der Waals surface area contributed by atoms with Crippen LogP contribution in [0.5, 0.6) is 0 Å². The van der Waals surface area contributed by atoms with Gasteiger partial charge in [0.05, 0.1) is 17.0 Å². The Morgan fingerprint density at radius 2 is 1.89 bits per heavy atom. The van der Waals surface area contributed by atoms with Gasteiger partial charge >= 0.3 is 5.97 Å². The second-order valence-corrected chi connectivity index (χ2v) is 10.1. The van der Waals surface area contributed by atoms with E-state index in [9.17, 15) is 9.59 Å². The Kier molecular flexibility index (Phi) is 6.03. The van der Waals surface area contributed by atoms with Crippen LogP contribution in [-0.2, 0) is 4.74 Å². The molecule has 8 heteroatoms. The predicted octanol–water partition coefficient (Wildman–Crippen LogP) is 5.94. The highest BCUT2D eigenvalue weighted by Crippen LogP contribution is 2.31. The molecule has 2 aromatic carbocycles. The van der Waals surface area contributed by atoms with Crippen LogP contribution in [0.15, 0.2) is 76.3 Å². The molecular weight excluding hydrogens is 468 g/mol. The van der Waals surface area contributed by atoms with E-state index >= 15 is 0 Å². The van der Waals surface area contributed by atoms with Crippen LogP contribution in [0.1, 0.15) is 55.2 Å². The molecule has 3 heterocycles. The third kappa shape index (κ3) is 4.95. The summed E-state index contributed by atoms with van der Waals surface area (Å²) in [7, 11) is 0. The summed E-state index contributed by atoms with van der Waals surface area (Å²) >= 11 is 0. The highest BCUT2D eigenvalue weighted by molar-refractivity contribution is 5.96. The van der Waals surface area contributed by atoms with Crippen molar-refractivity contribution >= 4 is 28.3 Å². The van der Waals surface area contributed by atoms with E-state index in [4.69, 9.17) is 9.15 Å². The summed E-state index contributed by atoms with van der Waals surface area (Å²) in [5.41, 5.74) is 3.98. The summed E-state index contributed by atoms with van der Waals surface area (Å²) in [6.07, 6.45) is 3.42. The first-order chi connectivity index (χ1) is 17.6. The minimum absolute atomic E-state index is 0.133. The summed E-state index contributed by atoms with van der Waals surface area (Å²) in [5.74, 6) is 0.0367. The average Bonchev–Trinajstić information content (AvgIpc) is 3.31. The number of carbonyl (C=O) groups is 1. The van der Waals surface area contributed by atoms with Gasteiger partial charge in [0.15, 0.2) is 11.1 Å². The van der Waals surface area contributed by atoms with Crippen molar-refractivity contribution in [2.45, 2.75) is 46.3 Å². The number of benzene rings is 2. The molecule has 0 saturated carbocycles. The molecule has 5 rings (SSSR count). The number of para-hydroxylation sites is 1. The molecule has 37 heavy (non-hydrogen) atoms. The van der Waals surface area contributed by atoms with Gasteiger partial charge in [-0.25, -0.2) is 4.79 Å². The molecule has 0 aliphatic carbocycles. The zero-order chi connectivity index (χ0) is 26.3. The molecule has 1 N–H and O–H groups in total. The third-order valence-corrected chi connectivity index (χ3v) is 5.96. The van der Waals surface area contributed by atoms with E-state index in [1.807, 2.05) is 77.2 Å². The van der Waals surface area contributed by atoms with E-state index in [1.54, 1.807) is 22.9 Å². The van der Waals surface area contributed by atoms with Gasteiger partial charge in [-0.15, -0.1) is 10.2 Å². The minimum atomic E-state index is -0.613. The number of nitrogens with zero attached hydrogens (tertiary/aromatic N) is 3. The molecule has 0 aliphatic rings. The Balaban J connectivity index is 1.57. The molecular formula is C29H28N4O4. The molecule has 188 valence electrons. The SMILES string of the molecule is Cc1cc(C(C)Nc2ccccc2C(=O)OC(C)(C)C)c2oc(-c3ccc4nncn4c3)cc(=O)c2c1. The number of esters is 1. The second kappa shape index (κ2) is 9.20. The standard InChI is InChI=1S/C29H28N4O4/c1-17-12-21(18(2)31-23-9-7-6-8-20(23)28(35)37-29(3,4)5)27-22(13-17)24(34)14-25(36-27)19-10-11-26-32-30-16-33(26)15-19/h6-16,18,31H,1-5H3. The van der Waals surface area contributed by atoms with Crippen LogP contribution >= 0.6 is 0 Å². The molecule has 0 amide bonds. The van der Waals surface area contributed by atoms with Gasteiger partial charge in [-0.1, -0.05) is 18.2 Å². The largest absolute Gasteiger partial charge is 0.456 e. The first-order valence-corrected chi connectivity index (χ1v) is 12.1. The zero-order valence-corrected chi connectivity index (χ0v) is 21.4. The number of ether oxygens (including phenoxy) is 1. The second-order valence-electron chi connectivity index (χ2n) is 10.1. The Labute approximate surface area is 213 Å². The molecule has 0 saturated heterocycles. The average molecular weight is 497 g/mol. The number of pyridine rings is 1. The van der Waals surface area contributed by atoms with Crippen LogP contribution in [-0.4, -0.2) is 26.2 Å². The van der Waals surface area contributed by atoms with Crippen molar-refractivity contribution < 1.29 is 13.9 Å². The van der Waals surface area contributed by atoms with Crippen LogP contribution in [0.2, 0.25) is 0 Å². The Bertz CT molecular complexity index is 1690. The lowest BCUT2D eigenvalue weighted by molar-refractivity contribution is 0.00706. The first-order valence-electron chi connectivity index (χ1n) is 12.1. The topological polar surface area (TPSA) is 98.7 Å². The summed E-state index contributed by atoms with van der Waals surface area (Å²) < 4.78 is 13.7. The lowest BCUT2D eigenvalue weighted by Crippen LogP contribution is -2.24. The fourth-order valence-electron chi connectivity index (χ4n) is 4.30. The lowest BCUT2D eigenvalue weighted by atomic mass is 10.00. The van der Waals surface area contributed by atoms with E-state index in [0.717, 1.165) is 16.7 Å². The van der Waals surface area contributed by atoms with Gasteiger partial charge < -0.3 is 14.5 Å². The van der Waals surface area contributed by atoms with Crippen LogP contribution in [0.4, 0.5) is 5.69 Å². The fourth-order valence-corrected chi connectivity index (χ4v) is 4.30. The molecule has 1 atom stereocenters. The van der Waals surface area contributed by atoms with Crippen molar-refractivity contribution in [2.75, 3.05) is 5.32 Å². The molecule has 0 fully saturated rings. The van der Waals surface area contributed by atoms with E-state index in [1.165, 1.54) is 6.07 Å². The number of anilines is 1. The first kappa shape index (κ1) is 24.2. The van der Waals surface area contributed by atoms with Gasteiger partial charge in [0, 0.05) is 29.1 Å². The van der Waals surface area contributed by atoms with Gasteiger partial charge in [-0.3, -0.25) is 9.20 Å². The fraction of sp³-hybridized carbons (Fsp3) is 0.241. The van der Waals surface area contributed by atoms with Crippen molar-refractivity contribution in [3.63, 3.8) is 0 Å². The molecule has 0 spiro atoms. The number of rotatable bonds is 5. The molecule has 0 radical (unpaired) electrons. The summed E-state index contributed by atoms with van der Waals surface area (Å²) in [6, 6.07) is 15.9. The normalized spacial score (nSPS) is 12.6. The highest BCUT2D eigenvalue weighted by atomic mass is 16.6. The Hall–Kier alpha value is -4.46. The number of aromatic nitrogens is 3. The predicted molar refractivity (Wildman–Crippen MR) is 143 cm³/mol. The van der Waals surface area contributed by atoms with Crippen molar-refractivity contribution in [3.05, 3.63) is 94.0 Å². The summed E-state index contributed by atoms with van der Waals surface area (Å²) in [4.78, 5) is 26.0. The Morgan fingerprint density at radius 3 is 2.68 bits per heavy atom. The Morgan fingerprint density at radius 1 is 1.11 bits per heavy atom. The molecule has 0 bridgehead atoms. The molecule has 3 aromatic heterocycles. The quantitative estimate of drug-likeness (QED) is 0.301. The maximum absolute atomic E-state index is 13.2. The van der Waals surface area contributed by atoms with Gasteiger partial charge in [-0.2, -0.15) is 0 Å². The van der Waals surface area contributed by atoms with Crippen LogP contribution in [0.3, 0.4) is 0 Å². The maximum Gasteiger partial charge on any atom is 0.340 e. The van der Waals surface area contributed by atoms with Crippen molar-refractivity contribution in [1.29, 1.82) is 0 Å². The monoisotopic (exact) mass is 496 g/mol. The number of hydrogen-bond acceptors (Lipinski definition) is 7. The van der Waals surface area contributed by atoms with E-state index < -0.39 is 11.6 Å². The number of carbonyl (C=O) groups excluding carboxylic acids is 1. The molecule has 1 unspecified atom stereocenters. The molecule has 5 aromatic rings. The van der Waals surface area contributed by atoms with Crippen molar-refractivity contribution in [1.82, 2.24) is 14.6 Å². The number of nitrogens with one attached hydrogen (secondary N) is 1. The number of hydrogen-bond donors (Lipinski definition) is 1. The lowest BCUT2D eigenvalue weighted by Gasteiger charge is -2.22. The minimum Gasteiger partial charge on any atom is -0.456 e. The number of fused-ring (bicyclic) bond motifs is 2. The van der Waals surface area contributed by atoms with E-state index in [2.05, 4.69) is 15.5 Å². The summed E-state index contributed by atoms with van der Waals surface area (Å²) in [5, 5.41) is 11.9. The van der Waals surface area contributed by atoms with E-state index in [0.29, 0.717) is 33.6 Å². The van der Waals surface area contributed by atoms with Gasteiger partial charge in [0.25, 0.3) is 0 Å². The summed E-state index contributed by atoms with van der Waals surface area (Å²) in [6.45, 7) is 9.42. The van der Waals surface area contributed by atoms with Crippen LogP contribution < -0.4 is 10.7 Å². The van der Waals surface area contributed by atoms with Gasteiger partial charge in [0.2, 0.25) is 0 Å². The third-order valence-electron chi connectivity index (χ3n) is 5.96. The van der Waals surface area contributed by atoms with Crippen LogP contribution in [0, 0.1) is 6.92 Å².